The van der Waals surface area contributed by atoms with Crippen LogP contribution >= 0.6 is 0 Å². The van der Waals surface area contributed by atoms with E-state index in [1.807, 2.05) is 35.0 Å². The number of anilines is 1. The molecule has 36 heavy (non-hydrogen) atoms. The fourth-order valence-electron chi connectivity index (χ4n) is 3.57. The number of pyridine rings is 1. The van der Waals surface area contributed by atoms with Crippen LogP contribution in [0.2, 0.25) is 0 Å². The lowest BCUT2D eigenvalue weighted by Gasteiger charge is -2.13. The maximum absolute atomic E-state index is 12.5. The van der Waals surface area contributed by atoms with Crippen molar-refractivity contribution in [2.24, 2.45) is 0 Å². The molecule has 1 amide bonds. The number of hydrogen-bond donors (Lipinski definition) is 1. The van der Waals surface area contributed by atoms with Crippen LogP contribution in [0.25, 0.3) is 5.65 Å². The van der Waals surface area contributed by atoms with E-state index in [-0.39, 0.29) is 18.9 Å². The Labute approximate surface area is 208 Å². The third-order valence-corrected chi connectivity index (χ3v) is 5.34. The van der Waals surface area contributed by atoms with E-state index in [0.717, 1.165) is 11.3 Å². The molecule has 0 aliphatic rings. The van der Waals surface area contributed by atoms with Crippen molar-refractivity contribution in [1.82, 2.24) is 9.38 Å². The summed E-state index contributed by atoms with van der Waals surface area (Å²) in [6, 6.07) is 18.0. The minimum Gasteiger partial charge on any atom is -0.493 e. The standard InChI is InChI=1S/C27H26N4O5/c1-33-22-11-9-20(15-25(22)36-18-21-17-31-12-4-3-6-26(31)29-21)30-27(32)7-5-13-35-23-10-8-19(16-28)14-24(23)34-2/h3-4,6,8-12,14-15,17H,5,7,13,18H2,1-2H3,(H,30,32). The number of carbonyl (C=O) groups excluding carboxylic acids is 1. The molecule has 9 heteroatoms. The number of imidazole rings is 1. The lowest BCUT2D eigenvalue weighted by Crippen LogP contribution is -2.13. The number of benzene rings is 2. The van der Waals surface area contributed by atoms with Gasteiger partial charge in [-0.2, -0.15) is 5.26 Å². The summed E-state index contributed by atoms with van der Waals surface area (Å²) in [5.74, 6) is 1.92. The maximum atomic E-state index is 12.5. The molecule has 2 aromatic carbocycles. The normalized spacial score (nSPS) is 10.5. The van der Waals surface area contributed by atoms with Gasteiger partial charge in [0.05, 0.1) is 38.2 Å². The third kappa shape index (κ3) is 6.04. The maximum Gasteiger partial charge on any atom is 0.224 e. The number of carbonyl (C=O) groups is 1. The largest absolute Gasteiger partial charge is 0.493 e. The van der Waals surface area contributed by atoms with E-state index in [9.17, 15) is 4.79 Å². The Morgan fingerprint density at radius 2 is 1.83 bits per heavy atom. The van der Waals surface area contributed by atoms with E-state index < -0.39 is 0 Å². The van der Waals surface area contributed by atoms with E-state index in [1.54, 1.807) is 43.5 Å². The first kappa shape index (κ1) is 24.4. The average molecular weight is 487 g/mol. The second-order valence-electron chi connectivity index (χ2n) is 7.83. The molecule has 0 unspecified atom stereocenters. The zero-order chi connectivity index (χ0) is 25.3. The molecule has 4 rings (SSSR count). The third-order valence-electron chi connectivity index (χ3n) is 5.34. The van der Waals surface area contributed by atoms with Crippen molar-refractivity contribution in [1.29, 1.82) is 5.26 Å². The van der Waals surface area contributed by atoms with Gasteiger partial charge in [-0.1, -0.05) is 6.07 Å². The molecule has 0 aliphatic heterocycles. The number of nitrogens with one attached hydrogen (secondary N) is 1. The molecule has 0 fully saturated rings. The van der Waals surface area contributed by atoms with Gasteiger partial charge in [0, 0.05) is 36.6 Å². The summed E-state index contributed by atoms with van der Waals surface area (Å²) in [6.07, 6.45) is 4.60. The van der Waals surface area contributed by atoms with Gasteiger partial charge in [0.1, 0.15) is 12.3 Å². The van der Waals surface area contributed by atoms with Gasteiger partial charge in [0.15, 0.2) is 23.0 Å². The van der Waals surface area contributed by atoms with E-state index in [4.69, 9.17) is 24.2 Å². The summed E-state index contributed by atoms with van der Waals surface area (Å²) in [4.78, 5) is 17.0. The molecule has 0 atom stereocenters. The molecule has 184 valence electrons. The van der Waals surface area contributed by atoms with E-state index in [0.29, 0.717) is 47.3 Å². The average Bonchev–Trinajstić information content (AvgIpc) is 3.33. The Morgan fingerprint density at radius 3 is 2.61 bits per heavy atom. The number of fused-ring (bicyclic) bond motifs is 1. The SMILES string of the molecule is COc1cc(C#N)ccc1OCCCC(=O)Nc1ccc(OC)c(OCc2cn3ccccc3n2)c1. The van der Waals surface area contributed by atoms with E-state index in [1.165, 1.54) is 7.11 Å². The van der Waals surface area contributed by atoms with Gasteiger partial charge >= 0.3 is 0 Å². The number of ether oxygens (including phenoxy) is 4. The van der Waals surface area contributed by atoms with E-state index >= 15 is 0 Å². The van der Waals surface area contributed by atoms with Gasteiger partial charge in [-0.05, 0) is 42.8 Å². The van der Waals surface area contributed by atoms with E-state index in [2.05, 4.69) is 16.4 Å². The van der Waals surface area contributed by atoms with Crippen LogP contribution in [0.1, 0.15) is 24.1 Å². The molecular weight excluding hydrogens is 460 g/mol. The van der Waals surface area contributed by atoms with Crippen LogP contribution in [0.15, 0.2) is 67.0 Å². The second kappa shape index (κ2) is 11.6. The zero-order valence-corrected chi connectivity index (χ0v) is 20.1. The molecule has 1 N–H and O–H groups in total. The minimum absolute atomic E-state index is 0.151. The molecule has 0 spiro atoms. The van der Waals surface area contributed by atoms with Crippen molar-refractivity contribution in [3.63, 3.8) is 0 Å². The lowest BCUT2D eigenvalue weighted by atomic mass is 10.2. The Bertz CT molecular complexity index is 1360. The molecule has 9 nitrogen and oxygen atoms in total. The highest BCUT2D eigenvalue weighted by atomic mass is 16.5. The summed E-state index contributed by atoms with van der Waals surface area (Å²) in [5, 5.41) is 11.9. The molecule has 2 aromatic heterocycles. The smallest absolute Gasteiger partial charge is 0.224 e. The van der Waals surface area contributed by atoms with Gasteiger partial charge in [0.2, 0.25) is 5.91 Å². The van der Waals surface area contributed by atoms with Gasteiger partial charge in [-0.25, -0.2) is 4.98 Å². The summed E-state index contributed by atoms with van der Waals surface area (Å²) in [5.41, 5.74) is 2.70. The van der Waals surface area contributed by atoms with Gasteiger partial charge < -0.3 is 28.7 Å². The molecular formula is C27H26N4O5. The number of aromatic nitrogens is 2. The number of methoxy groups -OCH3 is 2. The number of amides is 1. The molecule has 0 aliphatic carbocycles. The van der Waals surface area contributed by atoms with Crippen molar-refractivity contribution in [3.05, 3.63) is 78.2 Å². The van der Waals surface area contributed by atoms with Gasteiger partial charge in [-0.15, -0.1) is 0 Å². The lowest BCUT2D eigenvalue weighted by molar-refractivity contribution is -0.116. The Hall–Kier alpha value is -4.71. The number of nitriles is 1. The van der Waals surface area contributed by atoms with Crippen LogP contribution in [0, 0.1) is 11.3 Å². The molecule has 0 saturated carbocycles. The van der Waals surface area contributed by atoms with Crippen molar-refractivity contribution in [2.45, 2.75) is 19.4 Å². The number of nitrogens with zero attached hydrogens (tertiary/aromatic N) is 3. The summed E-state index contributed by atoms with van der Waals surface area (Å²) < 4.78 is 24.2. The Balaban J connectivity index is 1.29. The highest BCUT2D eigenvalue weighted by molar-refractivity contribution is 5.91. The molecule has 4 aromatic rings. The quantitative estimate of drug-likeness (QED) is 0.309. The van der Waals surface area contributed by atoms with Crippen LogP contribution in [0.4, 0.5) is 5.69 Å². The van der Waals surface area contributed by atoms with Crippen molar-refractivity contribution in [2.75, 3.05) is 26.1 Å². The second-order valence-corrected chi connectivity index (χ2v) is 7.83. The Kier molecular flexibility index (Phi) is 7.88. The highest BCUT2D eigenvalue weighted by Gasteiger charge is 2.11. The predicted molar refractivity (Wildman–Crippen MR) is 134 cm³/mol. The van der Waals surface area contributed by atoms with Crippen LogP contribution in [0.3, 0.4) is 0 Å². The van der Waals surface area contributed by atoms with Crippen LogP contribution in [-0.4, -0.2) is 36.1 Å². The van der Waals surface area contributed by atoms with Crippen molar-refractivity contribution < 1.29 is 23.7 Å². The Morgan fingerprint density at radius 1 is 1.00 bits per heavy atom. The summed E-state index contributed by atoms with van der Waals surface area (Å²) in [6.45, 7) is 0.581. The van der Waals surface area contributed by atoms with Crippen LogP contribution in [-0.2, 0) is 11.4 Å². The number of hydrogen-bond acceptors (Lipinski definition) is 7. The molecule has 2 heterocycles. The highest BCUT2D eigenvalue weighted by Crippen LogP contribution is 2.31. The minimum atomic E-state index is -0.151. The molecule has 0 radical (unpaired) electrons. The van der Waals surface area contributed by atoms with Crippen LogP contribution < -0.4 is 24.3 Å². The van der Waals surface area contributed by atoms with Gasteiger partial charge in [0.25, 0.3) is 0 Å². The molecule has 0 saturated heterocycles. The first-order chi connectivity index (χ1) is 17.6. The number of rotatable bonds is 11. The fourth-order valence-corrected chi connectivity index (χ4v) is 3.57. The van der Waals surface area contributed by atoms with Gasteiger partial charge in [-0.3, -0.25) is 4.79 Å². The van der Waals surface area contributed by atoms with Crippen LogP contribution in [0.5, 0.6) is 23.0 Å². The summed E-state index contributed by atoms with van der Waals surface area (Å²) in [7, 11) is 3.08. The first-order valence-electron chi connectivity index (χ1n) is 11.3. The monoisotopic (exact) mass is 486 g/mol. The van der Waals surface area contributed by atoms with Crippen molar-refractivity contribution >= 4 is 17.2 Å². The topological polar surface area (TPSA) is 107 Å². The molecule has 0 bridgehead atoms. The first-order valence-corrected chi connectivity index (χ1v) is 11.3. The fraction of sp³-hybridized carbons (Fsp3) is 0.222. The summed E-state index contributed by atoms with van der Waals surface area (Å²) >= 11 is 0. The zero-order valence-electron chi connectivity index (χ0n) is 20.1. The predicted octanol–water partition coefficient (Wildman–Crippen LogP) is 4.60. The van der Waals surface area contributed by atoms with Crippen molar-refractivity contribution in [3.8, 4) is 29.1 Å².